The van der Waals surface area contributed by atoms with Gasteiger partial charge in [-0.3, -0.25) is 9.59 Å². The normalized spacial score (nSPS) is 12.1. The van der Waals surface area contributed by atoms with Crippen LogP contribution in [0, 0.1) is 0 Å². The summed E-state index contributed by atoms with van der Waals surface area (Å²) >= 11 is 15.7. The maximum absolute atomic E-state index is 13.6. The zero-order chi connectivity index (χ0) is 26.3. The van der Waals surface area contributed by atoms with Crippen LogP contribution in [0.15, 0.2) is 77.3 Å². The summed E-state index contributed by atoms with van der Waals surface area (Å²) in [5, 5.41) is 3.82. The first-order valence-corrected chi connectivity index (χ1v) is 13.0. The van der Waals surface area contributed by atoms with Crippen LogP contribution in [-0.2, 0) is 22.6 Å². The minimum Gasteiger partial charge on any atom is -0.482 e. The number of carbonyl (C=O) groups is 2. The lowest BCUT2D eigenvalue weighted by Gasteiger charge is -2.33. The minimum absolute atomic E-state index is 0.227. The standard InChI is InChI=1S/C28H29BrCl2N2O3/c1-28(2,3)32-27(35)24(15-19-8-5-4-6-9-19)33(17-20-10-7-11-21(29)14-20)26(34)18-36-25-13-12-22(30)16-23(25)31/h4-14,16,24H,15,17-18H2,1-3H3,(H,32,35)/t24-/m0/s1. The van der Waals surface area contributed by atoms with Crippen molar-refractivity contribution in [1.29, 1.82) is 0 Å². The number of rotatable bonds is 9. The summed E-state index contributed by atoms with van der Waals surface area (Å²) in [6.45, 7) is 5.68. The molecule has 5 nitrogen and oxygen atoms in total. The van der Waals surface area contributed by atoms with E-state index < -0.39 is 11.6 Å². The monoisotopic (exact) mass is 590 g/mol. The summed E-state index contributed by atoms with van der Waals surface area (Å²) in [4.78, 5) is 28.7. The van der Waals surface area contributed by atoms with E-state index in [9.17, 15) is 9.59 Å². The summed E-state index contributed by atoms with van der Waals surface area (Å²) in [6.07, 6.45) is 0.351. The van der Waals surface area contributed by atoms with Crippen LogP contribution in [0.4, 0.5) is 0 Å². The van der Waals surface area contributed by atoms with Crippen LogP contribution in [0.5, 0.6) is 5.75 Å². The van der Waals surface area contributed by atoms with Gasteiger partial charge in [0.2, 0.25) is 5.91 Å². The van der Waals surface area contributed by atoms with Crippen LogP contribution in [0.1, 0.15) is 31.9 Å². The van der Waals surface area contributed by atoms with Gasteiger partial charge in [-0.15, -0.1) is 0 Å². The summed E-state index contributed by atoms with van der Waals surface area (Å²) < 4.78 is 6.64. The number of halogens is 3. The second-order valence-corrected chi connectivity index (χ2v) is 11.2. The fourth-order valence-corrected chi connectivity index (χ4v) is 4.56. The van der Waals surface area contributed by atoms with Crippen LogP contribution < -0.4 is 10.1 Å². The van der Waals surface area contributed by atoms with Crippen LogP contribution in [-0.4, -0.2) is 34.9 Å². The third-order valence-corrected chi connectivity index (χ3v) is 6.28. The van der Waals surface area contributed by atoms with Crippen molar-refractivity contribution in [2.75, 3.05) is 6.61 Å². The molecule has 0 fully saturated rings. The van der Waals surface area contributed by atoms with Crippen molar-refractivity contribution in [3.05, 3.63) is 98.4 Å². The van der Waals surface area contributed by atoms with Crippen molar-refractivity contribution >= 4 is 50.9 Å². The topological polar surface area (TPSA) is 58.6 Å². The highest BCUT2D eigenvalue weighted by molar-refractivity contribution is 9.10. The Hall–Kier alpha value is -2.54. The molecule has 0 bridgehead atoms. The van der Waals surface area contributed by atoms with Crippen molar-refractivity contribution < 1.29 is 14.3 Å². The predicted octanol–water partition coefficient (Wildman–Crippen LogP) is 6.69. The van der Waals surface area contributed by atoms with Crippen molar-refractivity contribution in [3.8, 4) is 5.75 Å². The molecule has 0 aliphatic heterocycles. The van der Waals surface area contributed by atoms with Gasteiger partial charge in [0, 0.05) is 28.0 Å². The number of hydrogen-bond acceptors (Lipinski definition) is 3. The van der Waals surface area contributed by atoms with E-state index >= 15 is 0 Å². The number of amides is 2. The molecule has 0 spiro atoms. The van der Waals surface area contributed by atoms with Crippen LogP contribution in [0.25, 0.3) is 0 Å². The molecule has 0 aliphatic carbocycles. The molecule has 0 saturated heterocycles. The van der Waals surface area contributed by atoms with E-state index in [-0.39, 0.29) is 25.0 Å². The Balaban J connectivity index is 1.94. The van der Waals surface area contributed by atoms with Gasteiger partial charge in [-0.05, 0) is 62.2 Å². The SMILES string of the molecule is CC(C)(C)NC(=O)[C@H](Cc1ccccc1)N(Cc1cccc(Br)c1)C(=O)COc1ccc(Cl)cc1Cl. The van der Waals surface area contributed by atoms with E-state index in [4.69, 9.17) is 27.9 Å². The summed E-state index contributed by atoms with van der Waals surface area (Å²) in [5.74, 6) is -0.235. The van der Waals surface area contributed by atoms with Gasteiger partial charge in [-0.25, -0.2) is 0 Å². The third kappa shape index (κ3) is 8.54. The Morgan fingerprint density at radius 1 is 0.972 bits per heavy atom. The molecule has 0 radical (unpaired) electrons. The summed E-state index contributed by atoms with van der Waals surface area (Å²) in [5.41, 5.74) is 1.35. The van der Waals surface area contributed by atoms with Crippen molar-refractivity contribution in [2.45, 2.75) is 45.3 Å². The lowest BCUT2D eigenvalue weighted by molar-refractivity contribution is -0.143. The number of nitrogens with zero attached hydrogens (tertiary/aromatic N) is 1. The molecule has 1 N–H and O–H groups in total. The molecule has 0 heterocycles. The molecule has 0 aromatic heterocycles. The van der Waals surface area contributed by atoms with E-state index in [1.165, 1.54) is 0 Å². The van der Waals surface area contributed by atoms with Crippen molar-refractivity contribution in [3.63, 3.8) is 0 Å². The molecule has 190 valence electrons. The number of benzene rings is 3. The number of carbonyl (C=O) groups excluding carboxylic acids is 2. The first-order valence-electron chi connectivity index (χ1n) is 11.5. The van der Waals surface area contributed by atoms with Crippen molar-refractivity contribution in [1.82, 2.24) is 10.2 Å². The maximum atomic E-state index is 13.6. The highest BCUT2D eigenvalue weighted by Gasteiger charge is 2.32. The largest absolute Gasteiger partial charge is 0.482 e. The van der Waals surface area contributed by atoms with Crippen molar-refractivity contribution in [2.24, 2.45) is 0 Å². The Bertz CT molecular complexity index is 1200. The van der Waals surface area contributed by atoms with Gasteiger partial charge in [0.15, 0.2) is 6.61 Å². The van der Waals surface area contributed by atoms with Gasteiger partial charge in [-0.2, -0.15) is 0 Å². The lowest BCUT2D eigenvalue weighted by Crippen LogP contribution is -2.55. The highest BCUT2D eigenvalue weighted by atomic mass is 79.9. The fourth-order valence-electron chi connectivity index (χ4n) is 3.65. The Kier molecular flexibility index (Phi) is 9.83. The second kappa shape index (κ2) is 12.6. The van der Waals surface area contributed by atoms with Gasteiger partial charge in [0.1, 0.15) is 11.8 Å². The van der Waals surface area contributed by atoms with Gasteiger partial charge in [0.05, 0.1) is 5.02 Å². The molecule has 3 rings (SSSR count). The molecule has 1 atom stereocenters. The van der Waals surface area contributed by atoms with E-state index in [0.717, 1.165) is 15.6 Å². The van der Waals surface area contributed by atoms with E-state index in [1.54, 1.807) is 23.1 Å². The maximum Gasteiger partial charge on any atom is 0.261 e. The third-order valence-electron chi connectivity index (χ3n) is 5.26. The average molecular weight is 592 g/mol. The minimum atomic E-state index is -0.762. The fraction of sp³-hybridized carbons (Fsp3) is 0.286. The van der Waals surface area contributed by atoms with E-state index in [1.807, 2.05) is 75.4 Å². The lowest BCUT2D eigenvalue weighted by atomic mass is 10.0. The van der Waals surface area contributed by atoms with Gasteiger partial charge < -0.3 is 15.0 Å². The molecule has 0 unspecified atom stereocenters. The Morgan fingerprint density at radius 3 is 2.31 bits per heavy atom. The molecule has 3 aromatic carbocycles. The molecule has 2 amide bonds. The number of hydrogen-bond donors (Lipinski definition) is 1. The van der Waals surface area contributed by atoms with Crippen LogP contribution in [0.2, 0.25) is 10.0 Å². The zero-order valence-corrected chi connectivity index (χ0v) is 23.5. The first-order chi connectivity index (χ1) is 17.0. The quantitative estimate of drug-likeness (QED) is 0.302. The van der Waals surface area contributed by atoms with Crippen LogP contribution in [0.3, 0.4) is 0 Å². The summed E-state index contributed by atoms with van der Waals surface area (Å²) in [6, 6.07) is 21.4. The molecular weight excluding hydrogens is 563 g/mol. The second-order valence-electron chi connectivity index (χ2n) is 9.46. The number of nitrogens with one attached hydrogen (secondary N) is 1. The Labute approximate surface area is 230 Å². The zero-order valence-electron chi connectivity index (χ0n) is 20.4. The molecule has 8 heteroatoms. The van der Waals surface area contributed by atoms with Gasteiger partial charge in [0.25, 0.3) is 5.91 Å². The van der Waals surface area contributed by atoms with Gasteiger partial charge >= 0.3 is 0 Å². The van der Waals surface area contributed by atoms with Gasteiger partial charge in [-0.1, -0.05) is 81.6 Å². The van der Waals surface area contributed by atoms with E-state index in [2.05, 4.69) is 21.2 Å². The van der Waals surface area contributed by atoms with Crippen LogP contribution >= 0.6 is 39.1 Å². The molecule has 0 aliphatic rings. The predicted molar refractivity (Wildman–Crippen MR) is 148 cm³/mol. The first kappa shape index (κ1) is 28.0. The smallest absolute Gasteiger partial charge is 0.261 e. The Morgan fingerprint density at radius 2 is 1.67 bits per heavy atom. The summed E-state index contributed by atoms with van der Waals surface area (Å²) in [7, 11) is 0. The van der Waals surface area contributed by atoms with E-state index in [0.29, 0.717) is 22.2 Å². The highest BCUT2D eigenvalue weighted by Crippen LogP contribution is 2.28. The molecular formula is C28H29BrCl2N2O3. The number of ether oxygens (including phenoxy) is 1. The molecule has 3 aromatic rings. The molecule has 36 heavy (non-hydrogen) atoms. The average Bonchev–Trinajstić information content (AvgIpc) is 2.80. The molecule has 0 saturated carbocycles.